The number of hydrogen-bond acceptors (Lipinski definition) is 3. The predicted octanol–water partition coefficient (Wildman–Crippen LogP) is 4.25. The fourth-order valence-electron chi connectivity index (χ4n) is 4.47. The van der Waals surface area contributed by atoms with E-state index in [-0.39, 0.29) is 11.9 Å². The summed E-state index contributed by atoms with van der Waals surface area (Å²) in [7, 11) is 0. The van der Waals surface area contributed by atoms with Gasteiger partial charge in [0.25, 0.3) is 0 Å². The van der Waals surface area contributed by atoms with Crippen molar-refractivity contribution in [2.75, 3.05) is 5.75 Å². The van der Waals surface area contributed by atoms with Crippen molar-refractivity contribution >= 4 is 40.3 Å². The molecule has 1 aromatic heterocycles. The molecule has 2 aliphatic rings. The van der Waals surface area contributed by atoms with Crippen molar-refractivity contribution < 1.29 is 4.79 Å². The van der Waals surface area contributed by atoms with Crippen molar-refractivity contribution in [3.63, 3.8) is 0 Å². The van der Waals surface area contributed by atoms with Crippen molar-refractivity contribution in [2.24, 2.45) is 17.8 Å². The Hall–Kier alpha value is -1.20. The van der Waals surface area contributed by atoms with Crippen molar-refractivity contribution in [2.45, 2.75) is 43.8 Å². The summed E-state index contributed by atoms with van der Waals surface area (Å²) in [5.41, 5.74) is 1.78. The molecule has 4 atom stereocenters. The van der Waals surface area contributed by atoms with E-state index in [0.29, 0.717) is 16.7 Å². The van der Waals surface area contributed by atoms with Crippen molar-refractivity contribution in [3.05, 3.63) is 23.2 Å². The number of aromatic nitrogens is 2. The lowest BCUT2D eigenvalue weighted by Crippen LogP contribution is -2.40. The molecular weight excluding hydrogens is 342 g/mol. The molecular formula is C18H22ClN3OS. The number of halogens is 1. The van der Waals surface area contributed by atoms with Gasteiger partial charge in [-0.15, -0.1) is 0 Å². The number of nitrogens with zero attached hydrogens (tertiary/aromatic N) is 1. The Morgan fingerprint density at radius 3 is 3.08 bits per heavy atom. The summed E-state index contributed by atoms with van der Waals surface area (Å²) in [6.07, 6.45) is 5.42. The third kappa shape index (κ3) is 3.29. The topological polar surface area (TPSA) is 57.8 Å². The van der Waals surface area contributed by atoms with Crippen LogP contribution in [0.1, 0.15) is 32.6 Å². The van der Waals surface area contributed by atoms with Crippen molar-refractivity contribution in [1.82, 2.24) is 15.3 Å². The highest BCUT2D eigenvalue weighted by Crippen LogP contribution is 2.49. The summed E-state index contributed by atoms with van der Waals surface area (Å²) in [5, 5.41) is 4.64. The van der Waals surface area contributed by atoms with Crippen LogP contribution in [0, 0.1) is 17.8 Å². The number of rotatable bonds is 5. The highest BCUT2D eigenvalue weighted by Gasteiger charge is 2.42. The molecule has 4 unspecified atom stereocenters. The van der Waals surface area contributed by atoms with Crippen LogP contribution in [-0.2, 0) is 4.79 Å². The molecule has 1 heterocycles. The van der Waals surface area contributed by atoms with E-state index in [4.69, 9.17) is 11.6 Å². The van der Waals surface area contributed by atoms with Crippen molar-refractivity contribution in [3.8, 4) is 0 Å². The fraction of sp³-hybridized carbons (Fsp3) is 0.556. The summed E-state index contributed by atoms with van der Waals surface area (Å²) < 4.78 is 0. The van der Waals surface area contributed by atoms with Gasteiger partial charge >= 0.3 is 0 Å². The van der Waals surface area contributed by atoms with Crippen LogP contribution < -0.4 is 5.32 Å². The van der Waals surface area contributed by atoms with E-state index in [1.807, 2.05) is 18.2 Å². The predicted molar refractivity (Wildman–Crippen MR) is 98.4 cm³/mol. The first kappa shape index (κ1) is 16.3. The van der Waals surface area contributed by atoms with Gasteiger partial charge in [0, 0.05) is 11.1 Å². The van der Waals surface area contributed by atoms with Crippen LogP contribution in [0.5, 0.6) is 0 Å². The summed E-state index contributed by atoms with van der Waals surface area (Å²) in [4.78, 5) is 20.0. The van der Waals surface area contributed by atoms with Crippen LogP contribution in [0.3, 0.4) is 0 Å². The molecule has 2 saturated carbocycles. The van der Waals surface area contributed by atoms with Gasteiger partial charge in [-0.1, -0.05) is 29.8 Å². The number of H-pyrrole nitrogens is 1. The molecule has 2 aromatic rings. The maximum Gasteiger partial charge on any atom is 0.230 e. The Kier molecular flexibility index (Phi) is 4.48. The van der Waals surface area contributed by atoms with Gasteiger partial charge in [-0.05, 0) is 62.1 Å². The molecule has 128 valence electrons. The minimum Gasteiger partial charge on any atom is -0.353 e. The third-order valence-electron chi connectivity index (χ3n) is 5.59. The lowest BCUT2D eigenvalue weighted by atomic mass is 9.84. The number of aromatic amines is 1. The summed E-state index contributed by atoms with van der Waals surface area (Å²) in [5.74, 6) is 2.90. The normalized spacial score (nSPS) is 26.8. The standard InChI is InChI=1S/C18H22ClN3OS/c1-10(14-7-11-2-3-12(14)6-11)20-17(23)9-24-18-21-15-5-4-13(19)8-16(15)22-18/h4-5,8,10-12,14H,2-3,6-7,9H2,1H3,(H,20,23)(H,21,22). The first-order chi connectivity index (χ1) is 11.6. The molecule has 1 amide bonds. The van der Waals surface area contributed by atoms with Gasteiger partial charge in [0.1, 0.15) is 0 Å². The highest BCUT2D eigenvalue weighted by atomic mass is 35.5. The molecule has 2 aliphatic carbocycles. The largest absolute Gasteiger partial charge is 0.353 e. The Balaban J connectivity index is 1.31. The van der Waals surface area contributed by atoms with Gasteiger partial charge in [-0.2, -0.15) is 0 Å². The van der Waals surface area contributed by atoms with Gasteiger partial charge in [0.15, 0.2) is 5.16 Å². The van der Waals surface area contributed by atoms with E-state index in [1.54, 1.807) is 0 Å². The molecule has 0 spiro atoms. The number of imidazole rings is 1. The minimum atomic E-state index is 0.0914. The number of carbonyl (C=O) groups excluding carboxylic acids is 1. The zero-order valence-corrected chi connectivity index (χ0v) is 15.3. The fourth-order valence-corrected chi connectivity index (χ4v) is 5.34. The van der Waals surface area contributed by atoms with E-state index in [0.717, 1.165) is 28.0 Å². The van der Waals surface area contributed by atoms with E-state index in [9.17, 15) is 4.79 Å². The average molecular weight is 364 g/mol. The average Bonchev–Trinajstić information content (AvgIpc) is 3.27. The van der Waals surface area contributed by atoms with E-state index in [2.05, 4.69) is 22.2 Å². The number of amides is 1. The summed E-state index contributed by atoms with van der Waals surface area (Å²) in [6.45, 7) is 2.16. The van der Waals surface area contributed by atoms with Crippen LogP contribution in [0.2, 0.25) is 5.02 Å². The molecule has 0 saturated heterocycles. The molecule has 0 radical (unpaired) electrons. The maximum atomic E-state index is 12.3. The zero-order valence-electron chi connectivity index (χ0n) is 13.7. The lowest BCUT2D eigenvalue weighted by molar-refractivity contribution is -0.119. The molecule has 4 nitrogen and oxygen atoms in total. The maximum absolute atomic E-state index is 12.3. The van der Waals surface area contributed by atoms with E-state index >= 15 is 0 Å². The molecule has 1 aromatic carbocycles. The van der Waals surface area contributed by atoms with Crippen LogP contribution in [0.15, 0.2) is 23.4 Å². The summed E-state index contributed by atoms with van der Waals surface area (Å²) in [6, 6.07) is 5.84. The van der Waals surface area contributed by atoms with Crippen LogP contribution in [0.25, 0.3) is 11.0 Å². The Morgan fingerprint density at radius 2 is 2.33 bits per heavy atom. The highest BCUT2D eigenvalue weighted by molar-refractivity contribution is 7.99. The van der Waals surface area contributed by atoms with Crippen molar-refractivity contribution in [1.29, 1.82) is 0 Å². The zero-order chi connectivity index (χ0) is 16.7. The molecule has 2 fully saturated rings. The second-order valence-electron chi connectivity index (χ2n) is 7.19. The van der Waals surface area contributed by atoms with Gasteiger partial charge in [-0.3, -0.25) is 4.79 Å². The molecule has 2 N–H and O–H groups in total. The number of nitrogens with one attached hydrogen (secondary N) is 2. The van der Waals surface area contributed by atoms with Gasteiger partial charge in [0.2, 0.25) is 5.91 Å². The number of hydrogen-bond donors (Lipinski definition) is 2. The molecule has 4 rings (SSSR count). The molecule has 6 heteroatoms. The van der Waals surface area contributed by atoms with Crippen LogP contribution in [0.4, 0.5) is 0 Å². The van der Waals surface area contributed by atoms with E-state index in [1.165, 1.54) is 37.4 Å². The van der Waals surface area contributed by atoms with Crippen LogP contribution >= 0.6 is 23.4 Å². The molecule has 2 bridgehead atoms. The van der Waals surface area contributed by atoms with Gasteiger partial charge in [-0.25, -0.2) is 4.98 Å². The Labute approximate surface area is 151 Å². The monoisotopic (exact) mass is 363 g/mol. The first-order valence-electron chi connectivity index (χ1n) is 8.66. The second kappa shape index (κ2) is 6.60. The quantitative estimate of drug-likeness (QED) is 0.781. The van der Waals surface area contributed by atoms with Gasteiger partial charge in [0.05, 0.1) is 16.8 Å². The Bertz CT molecular complexity index is 762. The van der Waals surface area contributed by atoms with Crippen LogP contribution in [-0.4, -0.2) is 27.7 Å². The number of thioether (sulfide) groups is 1. The SMILES string of the molecule is CC(NC(=O)CSc1nc2ccc(Cl)cc2[nH]1)C1CC2CCC1C2. The lowest BCUT2D eigenvalue weighted by Gasteiger charge is -2.28. The second-order valence-corrected chi connectivity index (χ2v) is 8.59. The number of benzene rings is 1. The van der Waals surface area contributed by atoms with Gasteiger partial charge < -0.3 is 10.3 Å². The Morgan fingerprint density at radius 1 is 1.46 bits per heavy atom. The molecule has 0 aliphatic heterocycles. The number of fused-ring (bicyclic) bond motifs is 3. The van der Waals surface area contributed by atoms with E-state index < -0.39 is 0 Å². The first-order valence-corrected chi connectivity index (χ1v) is 10.0. The molecule has 24 heavy (non-hydrogen) atoms. The minimum absolute atomic E-state index is 0.0914. The number of carbonyl (C=O) groups is 1. The third-order valence-corrected chi connectivity index (χ3v) is 6.69. The smallest absolute Gasteiger partial charge is 0.230 e. The summed E-state index contributed by atoms with van der Waals surface area (Å²) >= 11 is 7.42.